The van der Waals surface area contributed by atoms with Crippen LogP contribution in [0.5, 0.6) is 11.6 Å². The Balaban J connectivity index is 2.23. The van der Waals surface area contributed by atoms with Gasteiger partial charge in [0.15, 0.2) is 0 Å². The molecule has 0 aliphatic carbocycles. The molecule has 0 atom stereocenters. The smallest absolute Gasteiger partial charge is 0.222 e. The van der Waals surface area contributed by atoms with Crippen molar-refractivity contribution in [3.05, 3.63) is 47.7 Å². The van der Waals surface area contributed by atoms with Gasteiger partial charge in [-0.15, -0.1) is 0 Å². The van der Waals surface area contributed by atoms with Crippen LogP contribution in [0.25, 0.3) is 0 Å². The molecule has 1 aromatic carbocycles. The van der Waals surface area contributed by atoms with Gasteiger partial charge in [0.25, 0.3) is 0 Å². The highest BCUT2D eigenvalue weighted by atomic mass is 16.5. The molecule has 1 heterocycles. The van der Waals surface area contributed by atoms with Crippen molar-refractivity contribution in [3.63, 3.8) is 0 Å². The first-order chi connectivity index (χ1) is 9.10. The molecule has 19 heavy (non-hydrogen) atoms. The summed E-state index contributed by atoms with van der Waals surface area (Å²) in [4.78, 5) is 6.34. The lowest BCUT2D eigenvalue weighted by molar-refractivity contribution is 0.458. The first-order valence-corrected chi connectivity index (χ1v) is 6.21. The minimum absolute atomic E-state index is 0.490. The summed E-state index contributed by atoms with van der Waals surface area (Å²) in [6.07, 6.45) is 1.75. The van der Waals surface area contributed by atoms with E-state index in [-0.39, 0.29) is 0 Å². The van der Waals surface area contributed by atoms with E-state index in [1.807, 2.05) is 56.3 Å². The van der Waals surface area contributed by atoms with Crippen LogP contribution in [0.1, 0.15) is 11.1 Å². The highest BCUT2D eigenvalue weighted by Gasteiger charge is 2.05. The molecule has 4 heteroatoms. The fraction of sp³-hybridized carbons (Fsp3) is 0.267. The van der Waals surface area contributed by atoms with Crippen molar-refractivity contribution >= 4 is 5.69 Å². The number of nitrogens with zero attached hydrogens (tertiary/aromatic N) is 2. The minimum atomic E-state index is 0.490. The first-order valence-electron chi connectivity index (χ1n) is 6.21. The third kappa shape index (κ3) is 3.23. The summed E-state index contributed by atoms with van der Waals surface area (Å²) < 4.78 is 5.82. The van der Waals surface area contributed by atoms with Crippen LogP contribution in [0.3, 0.4) is 0 Å². The van der Waals surface area contributed by atoms with Crippen molar-refractivity contribution in [2.24, 2.45) is 5.73 Å². The molecule has 2 rings (SSSR count). The van der Waals surface area contributed by atoms with Crippen molar-refractivity contribution < 1.29 is 4.74 Å². The molecule has 0 saturated carbocycles. The molecule has 0 aliphatic heterocycles. The van der Waals surface area contributed by atoms with E-state index in [2.05, 4.69) is 4.98 Å². The second kappa shape index (κ2) is 5.71. The van der Waals surface area contributed by atoms with E-state index in [1.54, 1.807) is 6.20 Å². The van der Waals surface area contributed by atoms with E-state index in [4.69, 9.17) is 10.5 Å². The lowest BCUT2D eigenvalue weighted by Gasteiger charge is -2.14. The fourth-order valence-corrected chi connectivity index (χ4v) is 1.78. The largest absolute Gasteiger partial charge is 0.439 e. The van der Waals surface area contributed by atoms with Gasteiger partial charge in [-0.1, -0.05) is 6.07 Å². The van der Waals surface area contributed by atoms with E-state index in [0.717, 1.165) is 22.6 Å². The van der Waals surface area contributed by atoms with Gasteiger partial charge in [-0.25, -0.2) is 4.98 Å². The topological polar surface area (TPSA) is 51.4 Å². The Labute approximate surface area is 113 Å². The maximum atomic E-state index is 5.82. The van der Waals surface area contributed by atoms with Gasteiger partial charge in [-0.05, 0) is 30.7 Å². The number of aromatic nitrogens is 1. The van der Waals surface area contributed by atoms with E-state index >= 15 is 0 Å². The summed E-state index contributed by atoms with van der Waals surface area (Å²) in [7, 11) is 4.00. The predicted octanol–water partition coefficient (Wildman–Crippen LogP) is 2.71. The maximum absolute atomic E-state index is 5.82. The van der Waals surface area contributed by atoms with E-state index in [1.165, 1.54) is 0 Å². The number of rotatable bonds is 4. The average Bonchev–Trinajstić information content (AvgIpc) is 2.41. The lowest BCUT2D eigenvalue weighted by Crippen LogP contribution is -2.08. The number of ether oxygens (including phenoxy) is 1. The van der Waals surface area contributed by atoms with Gasteiger partial charge in [-0.2, -0.15) is 0 Å². The van der Waals surface area contributed by atoms with Gasteiger partial charge >= 0.3 is 0 Å². The number of pyridine rings is 1. The normalized spacial score (nSPS) is 10.3. The standard InChI is InChI=1S/C15H19N3O/c1-11-7-12(9-16)10-17-15(11)19-14-6-4-5-13(8-14)18(2)3/h4-8,10H,9,16H2,1-3H3. The number of benzene rings is 1. The van der Waals surface area contributed by atoms with Crippen LogP contribution in [0.2, 0.25) is 0 Å². The zero-order valence-electron chi connectivity index (χ0n) is 11.6. The minimum Gasteiger partial charge on any atom is -0.439 e. The summed E-state index contributed by atoms with van der Waals surface area (Å²) in [5.41, 5.74) is 8.67. The highest BCUT2D eigenvalue weighted by Crippen LogP contribution is 2.26. The highest BCUT2D eigenvalue weighted by molar-refractivity contribution is 5.50. The quantitative estimate of drug-likeness (QED) is 0.915. The van der Waals surface area contributed by atoms with Crippen molar-refractivity contribution in [1.82, 2.24) is 4.98 Å². The molecule has 0 radical (unpaired) electrons. The van der Waals surface area contributed by atoms with Gasteiger partial charge in [0.2, 0.25) is 5.88 Å². The van der Waals surface area contributed by atoms with Crippen LogP contribution in [0.4, 0.5) is 5.69 Å². The Morgan fingerprint density at radius 2 is 2.05 bits per heavy atom. The summed E-state index contributed by atoms with van der Waals surface area (Å²) >= 11 is 0. The van der Waals surface area contributed by atoms with Crippen molar-refractivity contribution in [1.29, 1.82) is 0 Å². The van der Waals surface area contributed by atoms with Crippen LogP contribution in [0.15, 0.2) is 36.5 Å². The SMILES string of the molecule is Cc1cc(CN)cnc1Oc1cccc(N(C)C)c1. The van der Waals surface area contributed by atoms with E-state index in [9.17, 15) is 0 Å². The van der Waals surface area contributed by atoms with Gasteiger partial charge < -0.3 is 15.4 Å². The average molecular weight is 257 g/mol. The van der Waals surface area contributed by atoms with Crippen molar-refractivity contribution in [2.75, 3.05) is 19.0 Å². The van der Waals surface area contributed by atoms with E-state index in [0.29, 0.717) is 12.4 Å². The molecule has 100 valence electrons. The molecule has 0 unspecified atom stereocenters. The summed E-state index contributed by atoms with van der Waals surface area (Å²) in [6.45, 7) is 2.46. The van der Waals surface area contributed by atoms with Gasteiger partial charge in [0, 0.05) is 44.2 Å². The number of anilines is 1. The Bertz CT molecular complexity index is 567. The van der Waals surface area contributed by atoms with Crippen LogP contribution < -0.4 is 15.4 Å². The molecule has 4 nitrogen and oxygen atoms in total. The zero-order valence-corrected chi connectivity index (χ0v) is 11.6. The van der Waals surface area contributed by atoms with Crippen LogP contribution in [0, 0.1) is 6.92 Å². The van der Waals surface area contributed by atoms with Crippen LogP contribution in [-0.4, -0.2) is 19.1 Å². The summed E-state index contributed by atoms with van der Waals surface area (Å²) in [6, 6.07) is 9.90. The molecular formula is C15H19N3O. The molecule has 0 saturated heterocycles. The zero-order chi connectivity index (χ0) is 13.8. The maximum Gasteiger partial charge on any atom is 0.222 e. The second-order valence-electron chi connectivity index (χ2n) is 4.66. The third-order valence-corrected chi connectivity index (χ3v) is 2.87. The van der Waals surface area contributed by atoms with Crippen LogP contribution in [-0.2, 0) is 6.54 Å². The fourth-order valence-electron chi connectivity index (χ4n) is 1.78. The Morgan fingerprint density at radius 3 is 2.68 bits per heavy atom. The molecule has 0 aliphatic rings. The number of nitrogens with two attached hydrogens (primary N) is 1. The first kappa shape index (κ1) is 13.4. The molecule has 0 spiro atoms. The molecular weight excluding hydrogens is 238 g/mol. The molecule has 0 amide bonds. The second-order valence-corrected chi connectivity index (χ2v) is 4.66. The van der Waals surface area contributed by atoms with Gasteiger partial charge in [0.1, 0.15) is 5.75 Å². The third-order valence-electron chi connectivity index (χ3n) is 2.87. The number of hydrogen-bond donors (Lipinski definition) is 1. The predicted molar refractivity (Wildman–Crippen MR) is 77.7 cm³/mol. The van der Waals surface area contributed by atoms with Crippen molar-refractivity contribution in [3.8, 4) is 11.6 Å². The van der Waals surface area contributed by atoms with Gasteiger partial charge in [-0.3, -0.25) is 0 Å². The van der Waals surface area contributed by atoms with Gasteiger partial charge in [0.05, 0.1) is 0 Å². The molecule has 1 aromatic heterocycles. The Morgan fingerprint density at radius 1 is 1.26 bits per heavy atom. The molecule has 2 aromatic rings. The summed E-state index contributed by atoms with van der Waals surface area (Å²) in [5.74, 6) is 1.40. The van der Waals surface area contributed by atoms with Crippen molar-refractivity contribution in [2.45, 2.75) is 13.5 Å². The monoisotopic (exact) mass is 257 g/mol. The number of hydrogen-bond acceptors (Lipinski definition) is 4. The van der Waals surface area contributed by atoms with Crippen LogP contribution >= 0.6 is 0 Å². The van der Waals surface area contributed by atoms with E-state index < -0.39 is 0 Å². The molecule has 0 bridgehead atoms. The lowest BCUT2D eigenvalue weighted by atomic mass is 10.2. The Kier molecular flexibility index (Phi) is 4.02. The molecule has 0 fully saturated rings. The number of aryl methyl sites for hydroxylation is 1. The Hall–Kier alpha value is -2.07. The molecule has 2 N–H and O–H groups in total. The summed E-state index contributed by atoms with van der Waals surface area (Å²) in [5, 5.41) is 0.